The second-order valence-corrected chi connectivity index (χ2v) is 5.06. The Bertz CT molecular complexity index is 542. The molecule has 1 aromatic rings. The number of halogens is 1. The lowest BCUT2D eigenvalue weighted by Crippen LogP contribution is -2.42. The van der Waals surface area contributed by atoms with Gasteiger partial charge in [-0.1, -0.05) is 22.0 Å². The number of carbonyl (C=O) groups excluding carboxylic acids is 2. The highest BCUT2D eigenvalue weighted by atomic mass is 79.9. The first kappa shape index (κ1) is 16.9. The van der Waals surface area contributed by atoms with Crippen molar-refractivity contribution in [3.05, 3.63) is 47.0 Å². The van der Waals surface area contributed by atoms with Gasteiger partial charge in [0.2, 0.25) is 5.91 Å². The maximum absolute atomic E-state index is 11.9. The first-order valence-corrected chi connectivity index (χ1v) is 6.87. The smallest absolute Gasteiger partial charge is 0.323 e. The lowest BCUT2D eigenvalue weighted by Gasteiger charge is -2.19. The molecule has 0 heterocycles. The van der Waals surface area contributed by atoms with E-state index in [2.05, 4.69) is 27.8 Å². The highest BCUT2D eigenvalue weighted by Crippen LogP contribution is 2.10. The van der Waals surface area contributed by atoms with Crippen LogP contribution in [0, 0.1) is 0 Å². The van der Waals surface area contributed by atoms with Gasteiger partial charge in [-0.2, -0.15) is 0 Å². The molecule has 0 saturated heterocycles. The van der Waals surface area contributed by atoms with Crippen LogP contribution in [0.2, 0.25) is 0 Å². The molecule has 0 spiro atoms. The zero-order valence-electron chi connectivity index (χ0n) is 11.2. The number of carboxylic acid groups (broad SMARTS) is 1. The standard InChI is InChI=1S/C14H15BrN2O4/c1-2-7-17(9-13(19)20)12(18)8-16-14(21)10-3-5-11(15)6-4-10/h2-6H,1,7-9H2,(H,16,21)(H,19,20). The zero-order chi connectivity index (χ0) is 15.8. The number of nitrogens with one attached hydrogen (secondary N) is 1. The molecule has 2 amide bonds. The monoisotopic (exact) mass is 354 g/mol. The Kier molecular flexibility index (Phi) is 6.61. The molecule has 0 aliphatic carbocycles. The largest absolute Gasteiger partial charge is 0.480 e. The van der Waals surface area contributed by atoms with Gasteiger partial charge in [0.1, 0.15) is 6.54 Å². The van der Waals surface area contributed by atoms with E-state index < -0.39 is 24.3 Å². The van der Waals surface area contributed by atoms with E-state index in [0.29, 0.717) is 5.56 Å². The van der Waals surface area contributed by atoms with Crippen LogP contribution in [0.3, 0.4) is 0 Å². The Morgan fingerprint density at radius 3 is 2.43 bits per heavy atom. The molecular formula is C14H15BrN2O4. The highest BCUT2D eigenvalue weighted by molar-refractivity contribution is 9.10. The van der Waals surface area contributed by atoms with Crippen LogP contribution in [-0.2, 0) is 9.59 Å². The molecule has 2 N–H and O–H groups in total. The topological polar surface area (TPSA) is 86.7 Å². The number of hydrogen-bond donors (Lipinski definition) is 2. The number of aliphatic carboxylic acids is 1. The molecule has 0 aliphatic rings. The van der Waals surface area contributed by atoms with E-state index in [-0.39, 0.29) is 13.1 Å². The number of carbonyl (C=O) groups is 3. The minimum absolute atomic E-state index is 0.110. The van der Waals surface area contributed by atoms with Crippen LogP contribution in [0.15, 0.2) is 41.4 Å². The summed E-state index contributed by atoms with van der Waals surface area (Å²) in [5.74, 6) is -2.00. The van der Waals surface area contributed by atoms with Gasteiger partial charge < -0.3 is 15.3 Å². The van der Waals surface area contributed by atoms with Crippen molar-refractivity contribution >= 4 is 33.7 Å². The van der Waals surface area contributed by atoms with Gasteiger partial charge in [0.15, 0.2) is 0 Å². The molecule has 0 saturated carbocycles. The fraction of sp³-hybridized carbons (Fsp3) is 0.214. The number of nitrogens with zero attached hydrogens (tertiary/aromatic N) is 1. The number of hydrogen-bond acceptors (Lipinski definition) is 3. The van der Waals surface area contributed by atoms with Crippen LogP contribution in [0.1, 0.15) is 10.4 Å². The first-order valence-electron chi connectivity index (χ1n) is 6.08. The van der Waals surface area contributed by atoms with Crippen LogP contribution in [-0.4, -0.2) is 47.4 Å². The number of benzene rings is 1. The third-order valence-electron chi connectivity index (χ3n) is 2.53. The van der Waals surface area contributed by atoms with E-state index >= 15 is 0 Å². The van der Waals surface area contributed by atoms with Gasteiger partial charge in [0, 0.05) is 16.6 Å². The summed E-state index contributed by atoms with van der Waals surface area (Å²) in [5.41, 5.74) is 0.416. The SMILES string of the molecule is C=CCN(CC(=O)O)C(=O)CNC(=O)c1ccc(Br)cc1. The van der Waals surface area contributed by atoms with Crippen molar-refractivity contribution in [2.75, 3.05) is 19.6 Å². The van der Waals surface area contributed by atoms with Crippen LogP contribution in [0.5, 0.6) is 0 Å². The fourth-order valence-corrected chi connectivity index (χ4v) is 1.81. The van der Waals surface area contributed by atoms with E-state index in [4.69, 9.17) is 5.11 Å². The number of rotatable bonds is 7. The summed E-state index contributed by atoms with van der Waals surface area (Å²) in [6.07, 6.45) is 1.43. The van der Waals surface area contributed by atoms with Gasteiger partial charge in [-0.15, -0.1) is 6.58 Å². The summed E-state index contributed by atoms with van der Waals surface area (Å²) in [6.45, 7) is 2.87. The Balaban J connectivity index is 2.57. The zero-order valence-corrected chi connectivity index (χ0v) is 12.8. The maximum Gasteiger partial charge on any atom is 0.323 e. The average molecular weight is 355 g/mol. The van der Waals surface area contributed by atoms with Crippen molar-refractivity contribution in [3.63, 3.8) is 0 Å². The molecule has 0 atom stereocenters. The summed E-state index contributed by atoms with van der Waals surface area (Å²) in [5, 5.41) is 11.2. The summed E-state index contributed by atoms with van der Waals surface area (Å²) < 4.78 is 0.841. The lowest BCUT2D eigenvalue weighted by molar-refractivity contribution is -0.143. The van der Waals surface area contributed by atoms with E-state index in [0.717, 1.165) is 9.37 Å². The van der Waals surface area contributed by atoms with Crippen molar-refractivity contribution in [1.82, 2.24) is 10.2 Å². The Morgan fingerprint density at radius 2 is 1.90 bits per heavy atom. The fourth-order valence-electron chi connectivity index (χ4n) is 1.54. The number of amides is 2. The van der Waals surface area contributed by atoms with Crippen LogP contribution in [0.25, 0.3) is 0 Å². The molecule has 112 valence electrons. The van der Waals surface area contributed by atoms with E-state index in [1.165, 1.54) is 6.08 Å². The van der Waals surface area contributed by atoms with E-state index in [1.807, 2.05) is 0 Å². The summed E-state index contributed by atoms with van der Waals surface area (Å²) in [7, 11) is 0. The van der Waals surface area contributed by atoms with Crippen molar-refractivity contribution in [2.24, 2.45) is 0 Å². The summed E-state index contributed by atoms with van der Waals surface area (Å²) in [4.78, 5) is 35.4. The van der Waals surface area contributed by atoms with Crippen molar-refractivity contribution in [2.45, 2.75) is 0 Å². The highest BCUT2D eigenvalue weighted by Gasteiger charge is 2.16. The molecule has 7 heteroatoms. The van der Waals surface area contributed by atoms with Gasteiger partial charge in [-0.05, 0) is 24.3 Å². The molecule has 6 nitrogen and oxygen atoms in total. The lowest BCUT2D eigenvalue weighted by atomic mass is 10.2. The minimum atomic E-state index is -1.12. The molecule has 0 fully saturated rings. The van der Waals surface area contributed by atoms with Gasteiger partial charge >= 0.3 is 5.97 Å². The molecular weight excluding hydrogens is 340 g/mol. The summed E-state index contributed by atoms with van der Waals surface area (Å²) in [6, 6.07) is 6.65. The average Bonchev–Trinajstić information content (AvgIpc) is 2.44. The Morgan fingerprint density at radius 1 is 1.29 bits per heavy atom. The van der Waals surface area contributed by atoms with Crippen LogP contribution >= 0.6 is 15.9 Å². The van der Waals surface area contributed by atoms with Crippen molar-refractivity contribution in [3.8, 4) is 0 Å². The molecule has 21 heavy (non-hydrogen) atoms. The third kappa shape index (κ3) is 5.78. The Hall–Kier alpha value is -2.15. The molecule has 0 bridgehead atoms. The van der Waals surface area contributed by atoms with E-state index in [1.54, 1.807) is 24.3 Å². The van der Waals surface area contributed by atoms with Gasteiger partial charge in [0.05, 0.1) is 6.54 Å². The van der Waals surface area contributed by atoms with Crippen molar-refractivity contribution < 1.29 is 19.5 Å². The van der Waals surface area contributed by atoms with Gasteiger partial charge in [0.25, 0.3) is 5.91 Å². The predicted molar refractivity (Wildman–Crippen MR) is 80.9 cm³/mol. The van der Waals surface area contributed by atoms with E-state index in [9.17, 15) is 14.4 Å². The molecule has 0 aromatic heterocycles. The van der Waals surface area contributed by atoms with Gasteiger partial charge in [-0.3, -0.25) is 14.4 Å². The first-order chi connectivity index (χ1) is 9.93. The Labute approximate surface area is 130 Å². The summed E-state index contributed by atoms with van der Waals surface area (Å²) >= 11 is 3.26. The quantitative estimate of drug-likeness (QED) is 0.722. The van der Waals surface area contributed by atoms with Crippen LogP contribution < -0.4 is 5.32 Å². The predicted octanol–water partition coefficient (Wildman–Crippen LogP) is 1.28. The second-order valence-electron chi connectivity index (χ2n) is 4.15. The number of carboxylic acids is 1. The third-order valence-corrected chi connectivity index (χ3v) is 3.06. The van der Waals surface area contributed by atoms with Crippen LogP contribution in [0.4, 0.5) is 0 Å². The van der Waals surface area contributed by atoms with Crippen molar-refractivity contribution in [1.29, 1.82) is 0 Å². The molecule has 0 aliphatic heterocycles. The molecule has 1 aromatic carbocycles. The maximum atomic E-state index is 11.9. The normalized spacial score (nSPS) is 9.76. The molecule has 1 rings (SSSR count). The van der Waals surface area contributed by atoms with Gasteiger partial charge in [-0.25, -0.2) is 0 Å². The second kappa shape index (κ2) is 8.21. The molecule has 0 unspecified atom stereocenters. The molecule has 0 radical (unpaired) electrons. The minimum Gasteiger partial charge on any atom is -0.480 e.